The lowest BCUT2D eigenvalue weighted by Gasteiger charge is -2.31. The van der Waals surface area contributed by atoms with E-state index in [0.717, 1.165) is 37.9 Å². The molecule has 0 aromatic carbocycles. The fourth-order valence-electron chi connectivity index (χ4n) is 3.93. The van der Waals surface area contributed by atoms with Crippen molar-refractivity contribution in [3.63, 3.8) is 0 Å². The zero-order valence-corrected chi connectivity index (χ0v) is 18.8. The average molecular weight is 405 g/mol. The molecule has 2 rings (SSSR count). The van der Waals surface area contributed by atoms with Crippen LogP contribution >= 0.6 is 0 Å². The molecular formula is C23H40N4O2. The largest absolute Gasteiger partial charge is 0.353 e. The smallest absolute Gasteiger partial charge is 0.318 e. The minimum absolute atomic E-state index is 0.0269. The second-order valence-electron chi connectivity index (χ2n) is 8.84. The fourth-order valence-corrected chi connectivity index (χ4v) is 3.93. The number of amides is 3. The Balaban J connectivity index is 2.03. The van der Waals surface area contributed by atoms with Crippen LogP contribution in [-0.4, -0.2) is 52.0 Å². The Morgan fingerprint density at radius 1 is 1.21 bits per heavy atom. The number of aryl methyl sites for hydroxylation is 1. The molecule has 0 saturated heterocycles. The lowest BCUT2D eigenvalue weighted by atomic mass is 9.96. The van der Waals surface area contributed by atoms with Gasteiger partial charge < -0.3 is 19.7 Å². The van der Waals surface area contributed by atoms with E-state index in [0.29, 0.717) is 19.0 Å². The standard InChI is InChI=1S/C23H40N4O2/c1-5-6-15-26(17-21-13-10-14-25(21)4)22(28)18-27(16-19(2)3)23(29)24-20-11-8-7-9-12-20/h10,13-14,19-20H,5-9,11-12,15-18H2,1-4H3,(H,24,29). The molecule has 1 aromatic heterocycles. The second-order valence-corrected chi connectivity index (χ2v) is 8.84. The van der Waals surface area contributed by atoms with Gasteiger partial charge in [-0.05, 0) is 37.3 Å². The van der Waals surface area contributed by atoms with Crippen molar-refractivity contribution < 1.29 is 9.59 Å². The third-order valence-electron chi connectivity index (χ3n) is 5.67. The lowest BCUT2D eigenvalue weighted by Crippen LogP contribution is -2.50. The topological polar surface area (TPSA) is 57.6 Å². The van der Waals surface area contributed by atoms with Crippen LogP contribution < -0.4 is 5.32 Å². The molecule has 0 spiro atoms. The van der Waals surface area contributed by atoms with E-state index in [1.54, 1.807) is 4.90 Å². The Bertz CT molecular complexity index is 635. The van der Waals surface area contributed by atoms with E-state index >= 15 is 0 Å². The summed E-state index contributed by atoms with van der Waals surface area (Å²) in [4.78, 5) is 29.7. The number of carbonyl (C=O) groups is 2. The van der Waals surface area contributed by atoms with Gasteiger partial charge >= 0.3 is 6.03 Å². The first-order chi connectivity index (χ1) is 13.9. The molecule has 3 amide bonds. The van der Waals surface area contributed by atoms with E-state index in [-0.39, 0.29) is 24.5 Å². The summed E-state index contributed by atoms with van der Waals surface area (Å²) >= 11 is 0. The molecule has 1 fully saturated rings. The molecule has 0 atom stereocenters. The van der Waals surface area contributed by atoms with Crippen molar-refractivity contribution in [1.82, 2.24) is 19.7 Å². The summed E-state index contributed by atoms with van der Waals surface area (Å²) in [5, 5.41) is 3.18. The van der Waals surface area contributed by atoms with Crippen LogP contribution in [0.3, 0.4) is 0 Å². The molecule has 1 N–H and O–H groups in total. The number of carbonyl (C=O) groups excluding carboxylic acids is 2. The quantitative estimate of drug-likeness (QED) is 0.637. The van der Waals surface area contributed by atoms with Gasteiger partial charge in [-0.25, -0.2) is 4.79 Å². The maximum absolute atomic E-state index is 13.2. The molecule has 1 aliphatic carbocycles. The van der Waals surface area contributed by atoms with E-state index in [2.05, 4.69) is 26.1 Å². The van der Waals surface area contributed by atoms with Crippen molar-refractivity contribution >= 4 is 11.9 Å². The minimum atomic E-state index is -0.0896. The number of unbranched alkanes of at least 4 members (excludes halogenated alkanes) is 1. The summed E-state index contributed by atoms with van der Waals surface area (Å²) in [7, 11) is 2.00. The van der Waals surface area contributed by atoms with E-state index < -0.39 is 0 Å². The van der Waals surface area contributed by atoms with E-state index in [4.69, 9.17) is 0 Å². The molecule has 6 nitrogen and oxygen atoms in total. The van der Waals surface area contributed by atoms with Crippen molar-refractivity contribution in [3.05, 3.63) is 24.0 Å². The highest BCUT2D eigenvalue weighted by molar-refractivity contribution is 5.84. The lowest BCUT2D eigenvalue weighted by molar-refractivity contribution is -0.132. The average Bonchev–Trinajstić information content (AvgIpc) is 3.09. The predicted octanol–water partition coefficient (Wildman–Crippen LogP) is 4.15. The van der Waals surface area contributed by atoms with Crippen molar-refractivity contribution in [3.8, 4) is 0 Å². The number of urea groups is 1. The van der Waals surface area contributed by atoms with Crippen LogP contribution in [0.4, 0.5) is 4.79 Å². The van der Waals surface area contributed by atoms with Crippen molar-refractivity contribution in [1.29, 1.82) is 0 Å². The number of rotatable bonds is 10. The van der Waals surface area contributed by atoms with Crippen molar-refractivity contribution in [2.75, 3.05) is 19.6 Å². The van der Waals surface area contributed by atoms with Gasteiger partial charge in [0.25, 0.3) is 0 Å². The highest BCUT2D eigenvalue weighted by atomic mass is 16.2. The van der Waals surface area contributed by atoms with Gasteiger partial charge in [-0.3, -0.25) is 4.79 Å². The fraction of sp³-hybridized carbons (Fsp3) is 0.739. The Morgan fingerprint density at radius 3 is 2.52 bits per heavy atom. The summed E-state index contributed by atoms with van der Waals surface area (Å²) < 4.78 is 2.05. The maximum atomic E-state index is 13.2. The van der Waals surface area contributed by atoms with Gasteiger partial charge in [0, 0.05) is 38.1 Å². The second kappa shape index (κ2) is 11.9. The molecule has 164 valence electrons. The maximum Gasteiger partial charge on any atom is 0.318 e. The number of nitrogens with one attached hydrogen (secondary N) is 1. The molecule has 1 aromatic rings. The molecule has 0 aliphatic heterocycles. The molecule has 0 radical (unpaired) electrons. The highest BCUT2D eigenvalue weighted by Gasteiger charge is 2.25. The number of hydrogen-bond acceptors (Lipinski definition) is 2. The van der Waals surface area contributed by atoms with Crippen LogP contribution in [-0.2, 0) is 18.4 Å². The number of aromatic nitrogens is 1. The van der Waals surface area contributed by atoms with Crippen LogP contribution in [0, 0.1) is 5.92 Å². The highest BCUT2D eigenvalue weighted by Crippen LogP contribution is 2.18. The first-order valence-electron chi connectivity index (χ1n) is 11.3. The third-order valence-corrected chi connectivity index (χ3v) is 5.67. The summed E-state index contributed by atoms with van der Waals surface area (Å²) in [6, 6.07) is 4.21. The van der Waals surface area contributed by atoms with Crippen LogP contribution in [0.5, 0.6) is 0 Å². The minimum Gasteiger partial charge on any atom is -0.353 e. The first kappa shape index (κ1) is 23.3. The van der Waals surface area contributed by atoms with Crippen molar-refractivity contribution in [2.24, 2.45) is 13.0 Å². The normalized spacial score (nSPS) is 14.8. The number of nitrogens with zero attached hydrogens (tertiary/aromatic N) is 3. The molecule has 6 heteroatoms. The monoisotopic (exact) mass is 404 g/mol. The SMILES string of the molecule is CCCCN(Cc1cccn1C)C(=O)CN(CC(C)C)C(=O)NC1CCCCC1. The van der Waals surface area contributed by atoms with Crippen molar-refractivity contribution in [2.45, 2.75) is 78.3 Å². The van der Waals surface area contributed by atoms with Crippen LogP contribution in [0.25, 0.3) is 0 Å². The van der Waals surface area contributed by atoms with E-state index in [9.17, 15) is 9.59 Å². The molecule has 29 heavy (non-hydrogen) atoms. The molecule has 0 unspecified atom stereocenters. The molecule has 1 saturated carbocycles. The Morgan fingerprint density at radius 2 is 1.93 bits per heavy atom. The summed E-state index contributed by atoms with van der Waals surface area (Å²) in [5.41, 5.74) is 1.11. The molecular weight excluding hydrogens is 364 g/mol. The molecule has 0 bridgehead atoms. The Labute approximate surface area is 176 Å². The van der Waals surface area contributed by atoms with Crippen LogP contribution in [0.2, 0.25) is 0 Å². The van der Waals surface area contributed by atoms with Crippen LogP contribution in [0.15, 0.2) is 18.3 Å². The van der Waals surface area contributed by atoms with E-state index in [1.807, 2.05) is 34.8 Å². The molecule has 1 aliphatic rings. The predicted molar refractivity (Wildman–Crippen MR) is 118 cm³/mol. The van der Waals surface area contributed by atoms with Gasteiger partial charge in [-0.15, -0.1) is 0 Å². The van der Waals surface area contributed by atoms with Gasteiger partial charge in [-0.2, -0.15) is 0 Å². The van der Waals surface area contributed by atoms with Gasteiger partial charge in [0.05, 0.1) is 6.54 Å². The zero-order valence-electron chi connectivity index (χ0n) is 18.8. The zero-order chi connectivity index (χ0) is 21.2. The van der Waals surface area contributed by atoms with Gasteiger partial charge in [-0.1, -0.05) is 46.5 Å². The summed E-state index contributed by atoms with van der Waals surface area (Å²) in [6.07, 6.45) is 9.71. The van der Waals surface area contributed by atoms with Gasteiger partial charge in [0.2, 0.25) is 5.91 Å². The summed E-state index contributed by atoms with van der Waals surface area (Å²) in [5.74, 6) is 0.343. The van der Waals surface area contributed by atoms with Gasteiger partial charge in [0.1, 0.15) is 6.54 Å². The van der Waals surface area contributed by atoms with Gasteiger partial charge in [0.15, 0.2) is 0 Å². The number of hydrogen-bond donors (Lipinski definition) is 1. The Kier molecular flexibility index (Phi) is 9.55. The Hall–Kier alpha value is -1.98. The molecule has 1 heterocycles. The first-order valence-corrected chi connectivity index (χ1v) is 11.3. The van der Waals surface area contributed by atoms with Crippen LogP contribution in [0.1, 0.15) is 71.4 Å². The van der Waals surface area contributed by atoms with E-state index in [1.165, 1.54) is 19.3 Å². The third kappa shape index (κ3) is 7.75. The summed E-state index contributed by atoms with van der Waals surface area (Å²) in [6.45, 7) is 8.35.